The number of fused-ring (bicyclic) bond motifs is 2. The number of benzene rings is 5. The Morgan fingerprint density at radius 3 is 1.13 bits per heavy atom. The van der Waals surface area contributed by atoms with E-state index in [1.165, 1.54) is 66.3 Å². The number of rotatable bonds is 8. The SMILES string of the molecule is CCc1cc(C)cc(CC)c1Nc1ccc(Nc2c(CC)cc(C)cc2CC)c2cc3ccccc3cc12. The van der Waals surface area contributed by atoms with Gasteiger partial charge in [-0.05, 0) is 96.8 Å². The van der Waals surface area contributed by atoms with Gasteiger partial charge >= 0.3 is 0 Å². The van der Waals surface area contributed by atoms with Gasteiger partial charge < -0.3 is 10.6 Å². The Labute approximate surface area is 228 Å². The molecule has 0 aromatic heterocycles. The first-order valence-corrected chi connectivity index (χ1v) is 14.2. The molecule has 0 aliphatic carbocycles. The van der Waals surface area contributed by atoms with E-state index in [4.69, 9.17) is 0 Å². The highest BCUT2D eigenvalue weighted by Crippen LogP contribution is 2.39. The summed E-state index contributed by atoms with van der Waals surface area (Å²) in [7, 11) is 0. The van der Waals surface area contributed by atoms with Crippen molar-refractivity contribution in [2.24, 2.45) is 0 Å². The number of hydrogen-bond acceptors (Lipinski definition) is 2. The van der Waals surface area contributed by atoms with Crippen molar-refractivity contribution in [1.29, 1.82) is 0 Å². The van der Waals surface area contributed by atoms with Crippen molar-refractivity contribution < 1.29 is 0 Å². The van der Waals surface area contributed by atoms with Crippen molar-refractivity contribution in [3.63, 3.8) is 0 Å². The van der Waals surface area contributed by atoms with Crippen LogP contribution in [0.5, 0.6) is 0 Å². The summed E-state index contributed by atoms with van der Waals surface area (Å²) in [5.41, 5.74) is 13.0. The molecule has 194 valence electrons. The molecule has 38 heavy (non-hydrogen) atoms. The molecule has 0 heterocycles. The Balaban J connectivity index is 1.71. The summed E-state index contributed by atoms with van der Waals surface area (Å²) in [4.78, 5) is 0. The van der Waals surface area contributed by atoms with Crippen molar-refractivity contribution >= 4 is 44.3 Å². The van der Waals surface area contributed by atoms with Crippen LogP contribution in [0, 0.1) is 13.8 Å². The minimum atomic E-state index is 1.00. The Hall–Kier alpha value is -3.78. The van der Waals surface area contributed by atoms with Crippen LogP contribution in [0.2, 0.25) is 0 Å². The fourth-order valence-corrected chi connectivity index (χ4v) is 5.84. The lowest BCUT2D eigenvalue weighted by molar-refractivity contribution is 1.08. The van der Waals surface area contributed by atoms with Crippen molar-refractivity contribution in [2.75, 3.05) is 10.6 Å². The standard InChI is InChI=1S/C36H40N2/c1-7-25-17-23(5)18-26(8-2)35(25)37-33-15-16-34(32-22-30-14-12-11-13-29(30)21-31(32)33)38-36-27(9-3)19-24(6)20-28(36)10-4/h11-22,37-38H,7-10H2,1-6H3. The Kier molecular flexibility index (Phi) is 7.42. The molecule has 2 heteroatoms. The molecule has 0 radical (unpaired) electrons. The number of nitrogens with one attached hydrogen (secondary N) is 2. The van der Waals surface area contributed by atoms with E-state index in [1.54, 1.807) is 0 Å². The third-order valence-electron chi connectivity index (χ3n) is 7.82. The normalized spacial score (nSPS) is 11.3. The second kappa shape index (κ2) is 10.9. The maximum absolute atomic E-state index is 3.89. The van der Waals surface area contributed by atoms with Crippen molar-refractivity contribution in [2.45, 2.75) is 67.2 Å². The monoisotopic (exact) mass is 500 g/mol. The average Bonchev–Trinajstić information content (AvgIpc) is 2.94. The maximum atomic E-state index is 3.89. The molecule has 5 aromatic rings. The van der Waals surface area contributed by atoms with Gasteiger partial charge in [0.05, 0.1) is 0 Å². The van der Waals surface area contributed by atoms with E-state index < -0.39 is 0 Å². The van der Waals surface area contributed by atoms with Gasteiger partial charge in [0.15, 0.2) is 0 Å². The zero-order valence-corrected chi connectivity index (χ0v) is 23.8. The van der Waals surface area contributed by atoms with E-state index in [-0.39, 0.29) is 0 Å². The van der Waals surface area contributed by atoms with Crippen LogP contribution in [0.4, 0.5) is 22.7 Å². The van der Waals surface area contributed by atoms with Gasteiger partial charge in [0, 0.05) is 33.5 Å². The molecule has 0 saturated heterocycles. The van der Waals surface area contributed by atoms with Crippen LogP contribution in [0.1, 0.15) is 61.1 Å². The first kappa shape index (κ1) is 25.9. The molecule has 2 nitrogen and oxygen atoms in total. The lowest BCUT2D eigenvalue weighted by atomic mass is 9.97. The van der Waals surface area contributed by atoms with Crippen LogP contribution < -0.4 is 10.6 Å². The maximum Gasteiger partial charge on any atom is 0.0465 e. The average molecular weight is 501 g/mol. The van der Waals surface area contributed by atoms with Crippen molar-refractivity contribution in [3.8, 4) is 0 Å². The van der Waals surface area contributed by atoms with Crippen LogP contribution in [0.25, 0.3) is 21.5 Å². The second-order valence-corrected chi connectivity index (χ2v) is 10.5. The van der Waals surface area contributed by atoms with E-state index in [0.29, 0.717) is 0 Å². The highest BCUT2D eigenvalue weighted by Gasteiger charge is 2.15. The van der Waals surface area contributed by atoms with Crippen LogP contribution in [0.3, 0.4) is 0 Å². The summed E-state index contributed by atoms with van der Waals surface area (Å²) in [6, 6.07) is 27.2. The Bertz CT molecular complexity index is 1450. The molecule has 0 bridgehead atoms. The van der Waals surface area contributed by atoms with Gasteiger partial charge in [0.1, 0.15) is 0 Å². The third kappa shape index (κ3) is 4.88. The van der Waals surface area contributed by atoms with Gasteiger partial charge in [-0.1, -0.05) is 87.4 Å². The molecule has 0 fully saturated rings. The molecule has 0 atom stereocenters. The summed E-state index contributed by atoms with van der Waals surface area (Å²) in [5, 5.41) is 12.8. The van der Waals surface area contributed by atoms with E-state index in [2.05, 4.69) is 125 Å². The minimum absolute atomic E-state index is 1.00. The zero-order chi connectivity index (χ0) is 26.8. The van der Waals surface area contributed by atoms with E-state index in [0.717, 1.165) is 37.1 Å². The summed E-state index contributed by atoms with van der Waals surface area (Å²) in [5.74, 6) is 0. The fraction of sp³-hybridized carbons (Fsp3) is 0.278. The number of aryl methyl sites for hydroxylation is 6. The van der Waals surface area contributed by atoms with Crippen molar-refractivity contribution in [1.82, 2.24) is 0 Å². The molecular weight excluding hydrogens is 460 g/mol. The number of anilines is 4. The van der Waals surface area contributed by atoms with Crippen LogP contribution in [0.15, 0.2) is 72.8 Å². The van der Waals surface area contributed by atoms with Crippen molar-refractivity contribution in [3.05, 3.63) is 106 Å². The van der Waals surface area contributed by atoms with E-state index >= 15 is 0 Å². The molecule has 5 rings (SSSR count). The van der Waals surface area contributed by atoms with Crippen LogP contribution >= 0.6 is 0 Å². The molecule has 2 N–H and O–H groups in total. The predicted molar refractivity (Wildman–Crippen MR) is 168 cm³/mol. The summed E-state index contributed by atoms with van der Waals surface area (Å²) in [6.07, 6.45) is 4.02. The first-order valence-electron chi connectivity index (χ1n) is 14.2. The van der Waals surface area contributed by atoms with Gasteiger partial charge in [-0.25, -0.2) is 0 Å². The minimum Gasteiger partial charge on any atom is -0.355 e. The largest absolute Gasteiger partial charge is 0.355 e. The molecule has 0 amide bonds. The van der Waals surface area contributed by atoms with Gasteiger partial charge in [-0.2, -0.15) is 0 Å². The second-order valence-electron chi connectivity index (χ2n) is 10.5. The summed E-state index contributed by atoms with van der Waals surface area (Å²) < 4.78 is 0. The lowest BCUT2D eigenvalue weighted by Gasteiger charge is -2.21. The quantitative estimate of drug-likeness (QED) is 0.207. The highest BCUT2D eigenvalue weighted by molar-refractivity contribution is 6.10. The highest BCUT2D eigenvalue weighted by atomic mass is 14.9. The lowest BCUT2D eigenvalue weighted by Crippen LogP contribution is -2.04. The molecular formula is C36H40N2. The van der Waals surface area contributed by atoms with Crippen LogP contribution in [-0.4, -0.2) is 0 Å². The van der Waals surface area contributed by atoms with E-state index in [1.807, 2.05) is 0 Å². The molecule has 0 spiro atoms. The van der Waals surface area contributed by atoms with Gasteiger partial charge in [0.25, 0.3) is 0 Å². The topological polar surface area (TPSA) is 24.1 Å². The molecule has 0 saturated carbocycles. The zero-order valence-electron chi connectivity index (χ0n) is 23.8. The summed E-state index contributed by atoms with van der Waals surface area (Å²) >= 11 is 0. The van der Waals surface area contributed by atoms with Gasteiger partial charge in [0.2, 0.25) is 0 Å². The van der Waals surface area contributed by atoms with Gasteiger partial charge in [-0.3, -0.25) is 0 Å². The fourth-order valence-electron chi connectivity index (χ4n) is 5.84. The van der Waals surface area contributed by atoms with Gasteiger partial charge in [-0.15, -0.1) is 0 Å². The van der Waals surface area contributed by atoms with Crippen LogP contribution in [-0.2, 0) is 25.7 Å². The smallest absolute Gasteiger partial charge is 0.0465 e. The van der Waals surface area contributed by atoms with E-state index in [9.17, 15) is 0 Å². The summed E-state index contributed by atoms with van der Waals surface area (Å²) in [6.45, 7) is 13.4. The molecule has 5 aromatic carbocycles. The third-order valence-corrected chi connectivity index (χ3v) is 7.82. The first-order chi connectivity index (χ1) is 18.4. The molecule has 0 aliphatic rings. The number of hydrogen-bond donors (Lipinski definition) is 2. The predicted octanol–water partition coefficient (Wildman–Crippen LogP) is 10.3. The Morgan fingerprint density at radius 2 is 0.816 bits per heavy atom. The molecule has 0 unspecified atom stereocenters. The Morgan fingerprint density at radius 1 is 0.474 bits per heavy atom. The molecule has 0 aliphatic heterocycles.